The number of nitrogens with two attached hydrogens (primary N) is 1. The average molecular weight is 493 g/mol. The number of carboxylic acid groups (broad SMARTS) is 1. The van der Waals surface area contributed by atoms with Crippen molar-refractivity contribution in [3.8, 4) is 5.75 Å². The molecule has 0 saturated carbocycles. The Morgan fingerprint density at radius 1 is 1.03 bits per heavy atom. The van der Waals surface area contributed by atoms with E-state index in [-0.39, 0.29) is 30.1 Å². The first-order valence-electron chi connectivity index (χ1n) is 10.4. The van der Waals surface area contributed by atoms with Gasteiger partial charge in [-0.2, -0.15) is 0 Å². The lowest BCUT2D eigenvalue weighted by molar-refractivity contribution is -0.142. The number of carbonyl (C=O) groups is 3. The van der Waals surface area contributed by atoms with Crippen molar-refractivity contribution in [3.63, 3.8) is 0 Å². The molecule has 12 heteroatoms. The molecule has 0 bridgehead atoms. The first-order chi connectivity index (χ1) is 15.8. The first kappa shape index (κ1) is 26.8. The molecule has 0 fully saturated rings. The minimum atomic E-state index is -4.73. The van der Waals surface area contributed by atoms with E-state index in [0.29, 0.717) is 11.3 Å². The number of hydrogen-bond donors (Lipinski definition) is 6. The van der Waals surface area contributed by atoms with Gasteiger partial charge in [0.1, 0.15) is 17.8 Å². The summed E-state index contributed by atoms with van der Waals surface area (Å²) in [5.41, 5.74) is 6.83. The standard InChI is InChI=1S/C22H28N3O8P/c1-13(2)10-19(22(28)29)25-21(27)18(24-20(26)15-4-3-5-16(23)12-15)11-14-6-8-17(9-7-14)33-34(30,31)32/h3-9,12-13,18-19H,10-11,23H2,1-2H3,(H,24,26)(H,25,27)(H,28,29)(H2,30,31,32). The third-order valence-electron chi connectivity index (χ3n) is 4.68. The predicted molar refractivity (Wildman–Crippen MR) is 124 cm³/mol. The summed E-state index contributed by atoms with van der Waals surface area (Å²) in [7, 11) is -4.73. The lowest BCUT2D eigenvalue weighted by Gasteiger charge is -2.22. The van der Waals surface area contributed by atoms with Crippen molar-refractivity contribution in [2.75, 3.05) is 5.73 Å². The van der Waals surface area contributed by atoms with Crippen molar-refractivity contribution in [1.29, 1.82) is 0 Å². The second kappa shape index (κ2) is 11.6. The number of benzene rings is 2. The molecule has 7 N–H and O–H groups in total. The molecule has 2 amide bonds. The SMILES string of the molecule is CC(C)CC(NC(=O)C(Cc1ccc(OP(=O)(O)O)cc1)NC(=O)c1cccc(N)c1)C(=O)O. The zero-order valence-corrected chi connectivity index (χ0v) is 19.6. The molecule has 0 radical (unpaired) electrons. The molecule has 2 aromatic rings. The first-order valence-corrected chi connectivity index (χ1v) is 11.9. The fourth-order valence-electron chi connectivity index (χ4n) is 3.16. The van der Waals surface area contributed by atoms with Crippen molar-refractivity contribution < 1.29 is 38.4 Å². The highest BCUT2D eigenvalue weighted by atomic mass is 31.2. The van der Waals surface area contributed by atoms with Crippen LogP contribution in [0.3, 0.4) is 0 Å². The molecule has 2 rings (SSSR count). The number of nitrogen functional groups attached to an aromatic ring is 1. The maximum Gasteiger partial charge on any atom is 0.524 e. The molecule has 184 valence electrons. The van der Waals surface area contributed by atoms with Crippen molar-refractivity contribution in [2.45, 2.75) is 38.8 Å². The van der Waals surface area contributed by atoms with Crippen LogP contribution in [0.2, 0.25) is 0 Å². The number of amides is 2. The summed E-state index contributed by atoms with van der Waals surface area (Å²) >= 11 is 0. The summed E-state index contributed by atoms with van der Waals surface area (Å²) in [6.07, 6.45) is 0.176. The number of rotatable bonds is 11. The summed E-state index contributed by atoms with van der Waals surface area (Å²) in [6, 6.07) is 9.43. The number of phosphoric acid groups is 1. The summed E-state index contributed by atoms with van der Waals surface area (Å²) in [5.74, 6) is -2.54. The molecule has 2 aromatic carbocycles. The highest BCUT2D eigenvalue weighted by Crippen LogP contribution is 2.37. The maximum atomic E-state index is 13.0. The van der Waals surface area contributed by atoms with Gasteiger partial charge >= 0.3 is 13.8 Å². The van der Waals surface area contributed by atoms with Gasteiger partial charge in [0.25, 0.3) is 5.91 Å². The van der Waals surface area contributed by atoms with E-state index >= 15 is 0 Å². The van der Waals surface area contributed by atoms with Crippen LogP contribution >= 0.6 is 7.82 Å². The largest absolute Gasteiger partial charge is 0.524 e. The van der Waals surface area contributed by atoms with Gasteiger partial charge in [-0.05, 0) is 48.2 Å². The van der Waals surface area contributed by atoms with Gasteiger partial charge in [0.05, 0.1) is 0 Å². The molecule has 11 nitrogen and oxygen atoms in total. The molecular weight excluding hydrogens is 465 g/mol. The van der Waals surface area contributed by atoms with E-state index in [9.17, 15) is 24.1 Å². The molecule has 34 heavy (non-hydrogen) atoms. The molecule has 2 atom stereocenters. The Morgan fingerprint density at radius 2 is 1.68 bits per heavy atom. The van der Waals surface area contributed by atoms with Crippen LogP contribution < -0.4 is 20.9 Å². The molecule has 0 aliphatic rings. The second-order valence-corrected chi connectivity index (χ2v) is 9.27. The Kier molecular flexibility index (Phi) is 9.19. The van der Waals surface area contributed by atoms with Crippen molar-refractivity contribution in [1.82, 2.24) is 10.6 Å². The highest BCUT2D eigenvalue weighted by Gasteiger charge is 2.28. The van der Waals surface area contributed by atoms with Gasteiger partial charge < -0.3 is 26.0 Å². The number of hydrogen-bond acceptors (Lipinski definition) is 6. The number of nitrogens with one attached hydrogen (secondary N) is 2. The van der Waals surface area contributed by atoms with Crippen LogP contribution in [-0.2, 0) is 20.6 Å². The van der Waals surface area contributed by atoms with Crippen molar-refractivity contribution in [3.05, 3.63) is 59.7 Å². The third kappa shape index (κ3) is 8.86. The Bertz CT molecular complexity index is 1070. The molecule has 0 aliphatic carbocycles. The predicted octanol–water partition coefficient (Wildman–Crippen LogP) is 1.70. The van der Waals surface area contributed by atoms with E-state index in [1.807, 2.05) is 13.8 Å². The smallest absolute Gasteiger partial charge is 0.480 e. The van der Waals surface area contributed by atoms with Gasteiger partial charge in [-0.25, -0.2) is 9.36 Å². The lowest BCUT2D eigenvalue weighted by atomic mass is 10.0. The minimum absolute atomic E-state index is 0.00306. The molecular formula is C22H28N3O8P. The Balaban J connectivity index is 2.25. The van der Waals surface area contributed by atoms with Gasteiger partial charge in [0.15, 0.2) is 0 Å². The van der Waals surface area contributed by atoms with E-state index in [1.165, 1.54) is 36.4 Å². The number of anilines is 1. The van der Waals surface area contributed by atoms with Gasteiger partial charge in [-0.3, -0.25) is 19.4 Å². The topological polar surface area (TPSA) is 188 Å². The normalized spacial score (nSPS) is 13.1. The van der Waals surface area contributed by atoms with Crippen LogP contribution in [0.15, 0.2) is 48.5 Å². The number of carbonyl (C=O) groups excluding carboxylic acids is 2. The number of phosphoric ester groups is 1. The number of carboxylic acids is 1. The quantitative estimate of drug-likeness (QED) is 0.200. The molecule has 0 aromatic heterocycles. The minimum Gasteiger partial charge on any atom is -0.480 e. The van der Waals surface area contributed by atoms with E-state index in [4.69, 9.17) is 15.5 Å². The van der Waals surface area contributed by atoms with Gasteiger partial charge in [-0.15, -0.1) is 0 Å². The summed E-state index contributed by atoms with van der Waals surface area (Å²) in [5, 5.41) is 14.5. The monoisotopic (exact) mass is 493 g/mol. The van der Waals surface area contributed by atoms with Crippen LogP contribution in [0.1, 0.15) is 36.2 Å². The zero-order valence-electron chi connectivity index (χ0n) is 18.7. The summed E-state index contributed by atoms with van der Waals surface area (Å²) < 4.78 is 15.5. The number of aliphatic carboxylic acids is 1. The van der Waals surface area contributed by atoms with Gasteiger partial charge in [0, 0.05) is 17.7 Å². The lowest BCUT2D eigenvalue weighted by Crippen LogP contribution is -2.52. The van der Waals surface area contributed by atoms with Crippen molar-refractivity contribution in [2.24, 2.45) is 5.92 Å². The van der Waals surface area contributed by atoms with Crippen LogP contribution in [-0.4, -0.2) is 44.8 Å². The molecule has 0 spiro atoms. The van der Waals surface area contributed by atoms with Crippen molar-refractivity contribution >= 4 is 31.3 Å². The summed E-state index contributed by atoms with van der Waals surface area (Å²) in [4.78, 5) is 55.1. The zero-order chi connectivity index (χ0) is 25.5. The van der Waals surface area contributed by atoms with Crippen LogP contribution in [0, 0.1) is 5.92 Å². The average Bonchev–Trinajstić information content (AvgIpc) is 2.72. The Morgan fingerprint density at radius 3 is 2.21 bits per heavy atom. The maximum absolute atomic E-state index is 13.0. The molecule has 0 heterocycles. The Labute approximate surface area is 196 Å². The fraction of sp³-hybridized carbons (Fsp3) is 0.318. The second-order valence-electron chi connectivity index (χ2n) is 8.11. The molecule has 0 saturated heterocycles. The van der Waals surface area contributed by atoms with E-state index in [1.54, 1.807) is 12.1 Å². The van der Waals surface area contributed by atoms with Gasteiger partial charge in [-0.1, -0.05) is 32.0 Å². The van der Waals surface area contributed by atoms with Crippen LogP contribution in [0.4, 0.5) is 5.69 Å². The highest BCUT2D eigenvalue weighted by molar-refractivity contribution is 7.46. The molecule has 2 unspecified atom stereocenters. The van der Waals surface area contributed by atoms with Crippen LogP contribution in [0.25, 0.3) is 0 Å². The van der Waals surface area contributed by atoms with E-state index in [2.05, 4.69) is 15.2 Å². The van der Waals surface area contributed by atoms with Crippen LogP contribution in [0.5, 0.6) is 5.75 Å². The van der Waals surface area contributed by atoms with E-state index < -0.39 is 37.7 Å². The van der Waals surface area contributed by atoms with E-state index in [0.717, 1.165) is 0 Å². The fourth-order valence-corrected chi connectivity index (χ4v) is 3.55. The molecule has 0 aliphatic heterocycles. The van der Waals surface area contributed by atoms with Gasteiger partial charge in [0.2, 0.25) is 5.91 Å². The third-order valence-corrected chi connectivity index (χ3v) is 5.13. The summed E-state index contributed by atoms with van der Waals surface area (Å²) in [6.45, 7) is 3.64. The Hall–Kier alpha value is -3.40.